The Kier molecular flexibility index (Phi) is 5.62. The molecule has 0 heterocycles. The van der Waals surface area contributed by atoms with Crippen LogP contribution < -0.4 is 10.7 Å². The lowest BCUT2D eigenvalue weighted by atomic mass is 10.1. The van der Waals surface area contributed by atoms with Gasteiger partial charge in [0.2, 0.25) is 0 Å². The maximum atomic E-state index is 11.8. The molecule has 24 heavy (non-hydrogen) atoms. The van der Waals surface area contributed by atoms with Crippen molar-refractivity contribution in [3.8, 4) is 0 Å². The first-order valence-electron chi connectivity index (χ1n) is 7.34. The molecule has 1 amide bonds. The molecule has 0 aliphatic carbocycles. The normalized spacial score (nSPS) is 10.6. The van der Waals surface area contributed by atoms with Gasteiger partial charge in [-0.15, -0.1) is 0 Å². The monoisotopic (exact) mass is 326 g/mol. The van der Waals surface area contributed by atoms with Crippen molar-refractivity contribution in [1.82, 2.24) is 5.43 Å². The molecule has 0 aliphatic rings. The summed E-state index contributed by atoms with van der Waals surface area (Å²) in [6, 6.07) is 12.1. The number of aryl methyl sites for hydroxylation is 2. The van der Waals surface area contributed by atoms with Gasteiger partial charge < -0.3 is 5.32 Å². The Labute approximate surface area is 139 Å². The van der Waals surface area contributed by atoms with Crippen LogP contribution in [0, 0.1) is 24.0 Å². The van der Waals surface area contributed by atoms with Gasteiger partial charge in [0, 0.05) is 11.8 Å². The Morgan fingerprint density at radius 3 is 2.71 bits per heavy atom. The lowest BCUT2D eigenvalue weighted by Gasteiger charge is -2.09. The van der Waals surface area contributed by atoms with E-state index in [1.165, 1.54) is 12.3 Å². The van der Waals surface area contributed by atoms with Crippen LogP contribution in [0.15, 0.2) is 47.6 Å². The molecule has 0 radical (unpaired) electrons. The molecule has 0 aliphatic heterocycles. The van der Waals surface area contributed by atoms with Crippen molar-refractivity contribution in [1.29, 1.82) is 0 Å². The van der Waals surface area contributed by atoms with Crippen LogP contribution in [0.1, 0.15) is 16.7 Å². The molecular formula is C17H18N4O3. The highest BCUT2D eigenvalue weighted by Gasteiger charge is 2.10. The Hall–Kier alpha value is -3.22. The summed E-state index contributed by atoms with van der Waals surface area (Å²) in [5.74, 6) is -0.343. The van der Waals surface area contributed by atoms with Crippen LogP contribution >= 0.6 is 0 Å². The molecule has 0 spiro atoms. The van der Waals surface area contributed by atoms with Gasteiger partial charge in [-0.05, 0) is 31.5 Å². The molecule has 2 aromatic rings. The minimum atomic E-state index is -0.495. The zero-order valence-corrected chi connectivity index (χ0v) is 13.4. The summed E-state index contributed by atoms with van der Waals surface area (Å²) in [5.41, 5.74) is 5.67. The quantitative estimate of drug-likeness (QED) is 0.484. The highest BCUT2D eigenvalue weighted by Crippen LogP contribution is 2.16. The zero-order chi connectivity index (χ0) is 17.5. The molecule has 0 bridgehead atoms. The average molecular weight is 326 g/mol. The molecule has 2 aromatic carbocycles. The molecule has 0 saturated carbocycles. The third-order valence-corrected chi connectivity index (χ3v) is 3.35. The van der Waals surface area contributed by atoms with Crippen molar-refractivity contribution in [2.75, 3.05) is 11.9 Å². The van der Waals surface area contributed by atoms with Gasteiger partial charge in [-0.3, -0.25) is 14.9 Å². The van der Waals surface area contributed by atoms with Crippen LogP contribution in [-0.4, -0.2) is 23.6 Å². The van der Waals surface area contributed by atoms with E-state index < -0.39 is 4.92 Å². The highest BCUT2D eigenvalue weighted by atomic mass is 16.6. The summed E-state index contributed by atoms with van der Waals surface area (Å²) in [4.78, 5) is 22.2. The van der Waals surface area contributed by atoms with Gasteiger partial charge in [0.25, 0.3) is 11.6 Å². The van der Waals surface area contributed by atoms with E-state index in [0.717, 1.165) is 16.8 Å². The Morgan fingerprint density at radius 1 is 1.25 bits per heavy atom. The third-order valence-electron chi connectivity index (χ3n) is 3.35. The fourth-order valence-electron chi connectivity index (χ4n) is 2.16. The van der Waals surface area contributed by atoms with Gasteiger partial charge in [-0.2, -0.15) is 5.10 Å². The molecule has 2 N–H and O–H groups in total. The minimum Gasteiger partial charge on any atom is -0.376 e. The van der Waals surface area contributed by atoms with Crippen molar-refractivity contribution >= 4 is 23.5 Å². The Morgan fingerprint density at radius 2 is 2.00 bits per heavy atom. The molecule has 7 nitrogen and oxygen atoms in total. The van der Waals surface area contributed by atoms with Gasteiger partial charge in [0.15, 0.2) is 0 Å². The van der Waals surface area contributed by atoms with Gasteiger partial charge >= 0.3 is 0 Å². The number of nitro benzene ring substituents is 1. The average Bonchev–Trinajstić information content (AvgIpc) is 2.54. The molecular weight excluding hydrogens is 308 g/mol. The number of carbonyl (C=O) groups excluding carboxylic acids is 1. The topological polar surface area (TPSA) is 96.6 Å². The molecule has 2 rings (SSSR count). The third kappa shape index (κ3) is 4.64. The van der Waals surface area contributed by atoms with Gasteiger partial charge in [-0.1, -0.05) is 29.8 Å². The summed E-state index contributed by atoms with van der Waals surface area (Å²) >= 11 is 0. The summed E-state index contributed by atoms with van der Waals surface area (Å²) in [7, 11) is 0. The maximum absolute atomic E-state index is 11.8. The van der Waals surface area contributed by atoms with Gasteiger partial charge in [-0.25, -0.2) is 5.43 Å². The van der Waals surface area contributed by atoms with E-state index in [1.807, 2.05) is 32.0 Å². The summed E-state index contributed by atoms with van der Waals surface area (Å²) in [6.45, 7) is 4.01. The van der Waals surface area contributed by atoms with E-state index in [0.29, 0.717) is 5.56 Å². The van der Waals surface area contributed by atoms with Gasteiger partial charge in [0.1, 0.15) is 0 Å². The number of amides is 1. The van der Waals surface area contributed by atoms with E-state index in [9.17, 15) is 14.9 Å². The minimum absolute atomic E-state index is 0.0537. The number of hydrogen-bond acceptors (Lipinski definition) is 5. The molecule has 124 valence electrons. The lowest BCUT2D eigenvalue weighted by Crippen LogP contribution is -2.26. The highest BCUT2D eigenvalue weighted by molar-refractivity contribution is 5.87. The van der Waals surface area contributed by atoms with E-state index in [-0.39, 0.29) is 18.1 Å². The van der Waals surface area contributed by atoms with E-state index in [4.69, 9.17) is 0 Å². The number of anilines is 1. The molecule has 0 unspecified atom stereocenters. The van der Waals surface area contributed by atoms with Gasteiger partial charge in [0.05, 0.1) is 23.2 Å². The van der Waals surface area contributed by atoms with Crippen LogP contribution in [0.25, 0.3) is 0 Å². The van der Waals surface area contributed by atoms with Crippen LogP contribution in [-0.2, 0) is 4.79 Å². The second-order valence-electron chi connectivity index (χ2n) is 5.28. The Bertz CT molecular complexity index is 787. The second-order valence-corrected chi connectivity index (χ2v) is 5.28. The Balaban J connectivity index is 1.90. The van der Waals surface area contributed by atoms with E-state index in [1.54, 1.807) is 18.2 Å². The molecule has 7 heteroatoms. The number of para-hydroxylation sites is 1. The number of hydrogen-bond donors (Lipinski definition) is 2. The smallest absolute Gasteiger partial charge is 0.278 e. The number of rotatable bonds is 6. The number of carbonyl (C=O) groups is 1. The lowest BCUT2D eigenvalue weighted by molar-refractivity contribution is -0.385. The number of hydrazone groups is 1. The number of nitrogens with one attached hydrogen (secondary N) is 2. The second kappa shape index (κ2) is 7.87. The van der Waals surface area contributed by atoms with E-state index >= 15 is 0 Å². The first-order valence-corrected chi connectivity index (χ1v) is 7.34. The fourth-order valence-corrected chi connectivity index (χ4v) is 2.16. The van der Waals surface area contributed by atoms with Crippen molar-refractivity contribution < 1.29 is 9.72 Å². The SMILES string of the molecule is Cc1ccc(NCC(=O)N/N=C\c2ccccc2[N+](=O)[O-])c(C)c1. The van der Waals surface area contributed by atoms with Crippen molar-refractivity contribution in [2.24, 2.45) is 5.10 Å². The van der Waals surface area contributed by atoms with Crippen LogP contribution in [0.3, 0.4) is 0 Å². The first kappa shape index (κ1) is 17.1. The number of nitrogens with zero attached hydrogens (tertiary/aromatic N) is 2. The predicted octanol–water partition coefficient (Wildman–Crippen LogP) is 2.77. The maximum Gasteiger partial charge on any atom is 0.278 e. The van der Waals surface area contributed by atoms with Crippen molar-refractivity contribution in [3.05, 3.63) is 69.3 Å². The fraction of sp³-hybridized carbons (Fsp3) is 0.176. The van der Waals surface area contributed by atoms with Crippen LogP contribution in [0.4, 0.5) is 11.4 Å². The zero-order valence-electron chi connectivity index (χ0n) is 13.4. The summed E-state index contributed by atoms with van der Waals surface area (Å²) in [5, 5.41) is 17.7. The van der Waals surface area contributed by atoms with Crippen LogP contribution in [0.2, 0.25) is 0 Å². The molecule has 0 fully saturated rings. The number of benzene rings is 2. The molecule has 0 aromatic heterocycles. The number of nitro groups is 1. The molecule has 0 atom stereocenters. The van der Waals surface area contributed by atoms with Crippen LogP contribution in [0.5, 0.6) is 0 Å². The van der Waals surface area contributed by atoms with Crippen molar-refractivity contribution in [3.63, 3.8) is 0 Å². The predicted molar refractivity (Wildman–Crippen MR) is 93.2 cm³/mol. The summed E-state index contributed by atoms with van der Waals surface area (Å²) < 4.78 is 0. The van der Waals surface area contributed by atoms with Crippen molar-refractivity contribution in [2.45, 2.75) is 13.8 Å². The molecule has 0 saturated heterocycles. The first-order chi connectivity index (χ1) is 11.5. The largest absolute Gasteiger partial charge is 0.376 e. The standard InChI is InChI=1S/C17H18N4O3/c1-12-7-8-15(13(2)9-12)18-11-17(22)20-19-10-14-5-3-4-6-16(14)21(23)24/h3-10,18H,11H2,1-2H3,(H,20,22)/b19-10-. The summed E-state index contributed by atoms with van der Waals surface area (Å²) in [6.07, 6.45) is 1.26. The van der Waals surface area contributed by atoms with E-state index in [2.05, 4.69) is 15.8 Å².